The van der Waals surface area contributed by atoms with E-state index < -0.39 is 0 Å². The summed E-state index contributed by atoms with van der Waals surface area (Å²) in [4.78, 5) is 5.32. The molecular weight excluding hydrogens is 382 g/mol. The molecule has 3 aliphatic rings. The molecule has 2 heterocycles. The summed E-state index contributed by atoms with van der Waals surface area (Å²) in [7, 11) is 0. The zero-order chi connectivity index (χ0) is 20.9. The van der Waals surface area contributed by atoms with Crippen molar-refractivity contribution in [3.05, 3.63) is 71.8 Å². The van der Waals surface area contributed by atoms with Crippen molar-refractivity contribution < 1.29 is 4.74 Å². The average Bonchev–Trinajstić information content (AvgIpc) is 3.06. The highest BCUT2D eigenvalue weighted by Gasteiger charge is 2.45. The van der Waals surface area contributed by atoms with Crippen LogP contribution in [-0.4, -0.2) is 43.2 Å². The summed E-state index contributed by atoms with van der Waals surface area (Å²) in [5.41, 5.74) is 2.60. The van der Waals surface area contributed by atoms with Crippen LogP contribution in [0.5, 0.6) is 0 Å². The fourth-order valence-corrected chi connectivity index (χ4v) is 5.64. The minimum absolute atomic E-state index is 0.0539. The van der Waals surface area contributed by atoms with E-state index >= 15 is 0 Å². The Morgan fingerprint density at radius 3 is 2.10 bits per heavy atom. The average molecular weight is 418 g/mol. The molecule has 0 radical (unpaired) electrons. The number of nitrogens with one attached hydrogen (secondary N) is 2. The lowest BCUT2D eigenvalue weighted by atomic mass is 9.82. The number of piperazine rings is 1. The van der Waals surface area contributed by atoms with Gasteiger partial charge in [-0.3, -0.25) is 10.3 Å². The molecule has 4 heteroatoms. The number of hydrogen-bond acceptors (Lipinski definition) is 3. The molecule has 2 aliphatic heterocycles. The molecule has 0 amide bonds. The van der Waals surface area contributed by atoms with Gasteiger partial charge in [-0.15, -0.1) is 0 Å². The molecule has 4 nitrogen and oxygen atoms in total. The highest BCUT2D eigenvalue weighted by Crippen LogP contribution is 2.32. The lowest BCUT2D eigenvalue weighted by molar-refractivity contribution is 0.0489. The van der Waals surface area contributed by atoms with E-state index in [0.717, 1.165) is 32.6 Å². The Labute approximate surface area is 186 Å². The van der Waals surface area contributed by atoms with E-state index in [4.69, 9.17) is 9.73 Å². The summed E-state index contributed by atoms with van der Waals surface area (Å²) in [5, 5.41) is 8.04. The van der Waals surface area contributed by atoms with Crippen molar-refractivity contribution in [2.45, 2.75) is 68.5 Å². The molecule has 2 saturated heterocycles. The SMILES string of the molecule is c1ccc(C(CN=C2NC3CCCCCC3NC23CCOCC3)c2ccccc2)cc1. The quantitative estimate of drug-likeness (QED) is 0.761. The first-order valence-corrected chi connectivity index (χ1v) is 12.1. The zero-order valence-electron chi connectivity index (χ0n) is 18.4. The molecule has 0 aromatic heterocycles. The van der Waals surface area contributed by atoms with Crippen molar-refractivity contribution in [2.75, 3.05) is 19.8 Å². The molecule has 1 aliphatic carbocycles. The van der Waals surface area contributed by atoms with Gasteiger partial charge < -0.3 is 10.1 Å². The molecular formula is C27H35N3O. The number of fused-ring (bicyclic) bond motifs is 1. The van der Waals surface area contributed by atoms with Gasteiger partial charge in [0.15, 0.2) is 0 Å². The van der Waals surface area contributed by atoms with Crippen LogP contribution in [0, 0.1) is 0 Å². The van der Waals surface area contributed by atoms with E-state index in [1.807, 2.05) is 0 Å². The molecule has 2 N–H and O–H groups in total. The number of aliphatic imine (C=N–C) groups is 1. The molecule has 1 spiro atoms. The maximum atomic E-state index is 5.75. The monoisotopic (exact) mass is 417 g/mol. The predicted molar refractivity (Wildman–Crippen MR) is 127 cm³/mol. The van der Waals surface area contributed by atoms with Gasteiger partial charge in [0.2, 0.25) is 0 Å². The number of amidine groups is 1. The topological polar surface area (TPSA) is 45.7 Å². The maximum absolute atomic E-state index is 5.75. The smallest absolute Gasteiger partial charge is 0.117 e. The van der Waals surface area contributed by atoms with Crippen molar-refractivity contribution in [1.29, 1.82) is 0 Å². The van der Waals surface area contributed by atoms with Gasteiger partial charge >= 0.3 is 0 Å². The number of benzene rings is 2. The van der Waals surface area contributed by atoms with Gasteiger partial charge in [-0.2, -0.15) is 0 Å². The first-order chi connectivity index (χ1) is 15.3. The molecule has 2 aromatic rings. The Morgan fingerprint density at radius 1 is 0.839 bits per heavy atom. The fraction of sp³-hybridized carbons (Fsp3) is 0.519. The molecule has 1 saturated carbocycles. The summed E-state index contributed by atoms with van der Waals surface area (Å²) in [6, 6.07) is 22.7. The Balaban J connectivity index is 1.45. The van der Waals surface area contributed by atoms with E-state index in [1.165, 1.54) is 49.1 Å². The molecule has 2 unspecified atom stereocenters. The zero-order valence-corrected chi connectivity index (χ0v) is 18.4. The molecule has 31 heavy (non-hydrogen) atoms. The lowest BCUT2D eigenvalue weighted by Gasteiger charge is -2.49. The minimum Gasteiger partial charge on any atom is -0.381 e. The molecule has 2 atom stereocenters. The predicted octanol–water partition coefficient (Wildman–Crippen LogP) is 4.66. The van der Waals surface area contributed by atoms with Gasteiger partial charge in [0, 0.05) is 31.2 Å². The molecule has 164 valence electrons. The lowest BCUT2D eigenvalue weighted by Crippen LogP contribution is -2.72. The van der Waals surface area contributed by atoms with Gasteiger partial charge in [0.05, 0.1) is 12.1 Å². The Morgan fingerprint density at radius 2 is 1.45 bits per heavy atom. The van der Waals surface area contributed by atoms with Crippen LogP contribution in [0.25, 0.3) is 0 Å². The van der Waals surface area contributed by atoms with Gasteiger partial charge in [0.25, 0.3) is 0 Å². The summed E-state index contributed by atoms with van der Waals surface area (Å²) >= 11 is 0. The highest BCUT2D eigenvalue weighted by atomic mass is 16.5. The normalized spacial score (nSPS) is 26.9. The molecule has 2 aromatic carbocycles. The standard InChI is InChI=1S/C27H35N3O/c1-4-10-21(11-5-1)23(22-12-6-2-7-13-22)20-28-26-27(16-18-31-19-17-27)30-25-15-9-3-8-14-24(25)29-26/h1-2,4-7,10-13,23-25,30H,3,8-9,14-20H2,(H,28,29). The highest BCUT2D eigenvalue weighted by molar-refractivity contribution is 5.93. The third kappa shape index (κ3) is 4.56. The van der Waals surface area contributed by atoms with Crippen molar-refractivity contribution in [1.82, 2.24) is 10.6 Å². The van der Waals surface area contributed by atoms with Gasteiger partial charge in [-0.05, 0) is 36.8 Å². The van der Waals surface area contributed by atoms with E-state index in [-0.39, 0.29) is 11.5 Å². The summed E-state index contributed by atoms with van der Waals surface area (Å²) in [6.07, 6.45) is 8.51. The second-order valence-electron chi connectivity index (χ2n) is 9.40. The largest absolute Gasteiger partial charge is 0.381 e. The third-order valence-corrected chi connectivity index (χ3v) is 7.44. The van der Waals surface area contributed by atoms with Crippen LogP contribution in [0.2, 0.25) is 0 Å². The first-order valence-electron chi connectivity index (χ1n) is 12.1. The number of nitrogens with zero attached hydrogens (tertiary/aromatic N) is 1. The van der Waals surface area contributed by atoms with Gasteiger partial charge in [-0.1, -0.05) is 79.9 Å². The molecule has 3 fully saturated rings. The summed E-state index contributed by atoms with van der Waals surface area (Å²) in [6.45, 7) is 2.38. The number of ether oxygens (including phenoxy) is 1. The van der Waals surface area contributed by atoms with Gasteiger partial charge in [0.1, 0.15) is 5.84 Å². The van der Waals surface area contributed by atoms with Crippen molar-refractivity contribution in [3.63, 3.8) is 0 Å². The van der Waals surface area contributed by atoms with Crippen LogP contribution in [0.15, 0.2) is 65.7 Å². The fourth-order valence-electron chi connectivity index (χ4n) is 5.64. The van der Waals surface area contributed by atoms with Crippen molar-refractivity contribution >= 4 is 5.84 Å². The van der Waals surface area contributed by atoms with Crippen LogP contribution >= 0.6 is 0 Å². The Bertz CT molecular complexity index is 821. The second-order valence-corrected chi connectivity index (χ2v) is 9.40. The summed E-state index contributed by atoms with van der Waals surface area (Å²) in [5.74, 6) is 1.44. The first kappa shape index (κ1) is 20.7. The van der Waals surface area contributed by atoms with Crippen LogP contribution in [-0.2, 0) is 4.74 Å². The maximum Gasteiger partial charge on any atom is 0.117 e. The van der Waals surface area contributed by atoms with E-state index in [2.05, 4.69) is 71.3 Å². The van der Waals surface area contributed by atoms with Crippen LogP contribution in [0.3, 0.4) is 0 Å². The molecule has 0 bridgehead atoms. The third-order valence-electron chi connectivity index (χ3n) is 7.44. The van der Waals surface area contributed by atoms with E-state index in [1.54, 1.807) is 0 Å². The van der Waals surface area contributed by atoms with Crippen LogP contribution in [0.1, 0.15) is 62.0 Å². The second kappa shape index (κ2) is 9.54. The van der Waals surface area contributed by atoms with E-state index in [9.17, 15) is 0 Å². The van der Waals surface area contributed by atoms with Crippen LogP contribution < -0.4 is 10.6 Å². The number of rotatable bonds is 4. The minimum atomic E-state index is -0.0539. The van der Waals surface area contributed by atoms with Gasteiger partial charge in [-0.25, -0.2) is 0 Å². The summed E-state index contributed by atoms with van der Waals surface area (Å²) < 4.78 is 5.75. The van der Waals surface area contributed by atoms with E-state index in [0.29, 0.717) is 12.1 Å². The molecule has 5 rings (SSSR count). The van der Waals surface area contributed by atoms with Crippen molar-refractivity contribution in [2.24, 2.45) is 4.99 Å². The Kier molecular flexibility index (Phi) is 6.37. The van der Waals surface area contributed by atoms with Crippen molar-refractivity contribution in [3.8, 4) is 0 Å². The van der Waals surface area contributed by atoms with Crippen LogP contribution in [0.4, 0.5) is 0 Å². The number of hydrogen-bond donors (Lipinski definition) is 2. The Hall–Kier alpha value is -2.17.